The maximum absolute atomic E-state index is 12.1. The number of hydrogen-bond acceptors (Lipinski definition) is 6. The van der Waals surface area contributed by atoms with Crippen LogP contribution in [0.4, 0.5) is 0 Å². The molecule has 6 nitrogen and oxygen atoms in total. The summed E-state index contributed by atoms with van der Waals surface area (Å²) in [5, 5.41) is 0. The van der Waals surface area contributed by atoms with Crippen molar-refractivity contribution in [3.8, 4) is 28.4 Å². The standard InChI is InChI=1S/C25H28O6/c1-15(2)24(27)31-25(11-12-25)14-30-22-19(8-10-21(28-3)23(22)29-4)17-5-7-18-16(13-17)6-9-20(18)26/h5,7-8,10,13,15H,6,9,11-12,14H2,1-4H3. The van der Waals surface area contributed by atoms with Crippen LogP contribution in [0.1, 0.15) is 49.0 Å². The molecule has 0 unspecified atom stereocenters. The van der Waals surface area contributed by atoms with Crippen molar-refractivity contribution in [1.29, 1.82) is 0 Å². The van der Waals surface area contributed by atoms with Gasteiger partial charge in [0.2, 0.25) is 5.75 Å². The number of rotatable bonds is 8. The molecule has 0 radical (unpaired) electrons. The quantitative estimate of drug-likeness (QED) is 0.577. The fourth-order valence-corrected chi connectivity index (χ4v) is 3.84. The van der Waals surface area contributed by atoms with Gasteiger partial charge in [0, 0.05) is 17.5 Å². The molecular weight excluding hydrogens is 396 g/mol. The van der Waals surface area contributed by atoms with Crippen molar-refractivity contribution in [2.24, 2.45) is 5.92 Å². The third-order valence-corrected chi connectivity index (χ3v) is 5.91. The molecule has 0 atom stereocenters. The Kier molecular flexibility index (Phi) is 5.65. The van der Waals surface area contributed by atoms with Crippen LogP contribution in [0, 0.1) is 5.92 Å². The minimum atomic E-state index is -0.586. The maximum Gasteiger partial charge on any atom is 0.309 e. The molecule has 4 rings (SSSR count). The largest absolute Gasteiger partial charge is 0.493 e. The number of carbonyl (C=O) groups excluding carboxylic acids is 2. The number of fused-ring (bicyclic) bond motifs is 1. The van der Waals surface area contributed by atoms with Gasteiger partial charge in [-0.3, -0.25) is 9.59 Å². The highest BCUT2D eigenvalue weighted by Crippen LogP contribution is 2.47. The Morgan fingerprint density at radius 3 is 2.39 bits per heavy atom. The molecule has 0 N–H and O–H groups in total. The molecule has 2 aromatic rings. The third kappa shape index (κ3) is 4.11. The van der Waals surface area contributed by atoms with Crippen molar-refractivity contribution < 1.29 is 28.5 Å². The van der Waals surface area contributed by atoms with E-state index in [1.165, 1.54) is 0 Å². The Bertz CT molecular complexity index is 1020. The Labute approximate surface area is 182 Å². The van der Waals surface area contributed by atoms with Crippen molar-refractivity contribution in [2.45, 2.75) is 45.1 Å². The molecule has 164 valence electrons. The zero-order valence-electron chi connectivity index (χ0n) is 18.4. The molecule has 2 aliphatic rings. The van der Waals surface area contributed by atoms with Gasteiger partial charge in [0.1, 0.15) is 12.2 Å². The average molecular weight is 424 g/mol. The van der Waals surface area contributed by atoms with Gasteiger partial charge in [0.05, 0.1) is 20.1 Å². The summed E-state index contributed by atoms with van der Waals surface area (Å²) in [5.74, 6) is 1.37. The molecule has 0 bridgehead atoms. The topological polar surface area (TPSA) is 71.1 Å². The monoisotopic (exact) mass is 424 g/mol. The molecule has 0 heterocycles. The normalized spacial score (nSPS) is 16.1. The lowest BCUT2D eigenvalue weighted by molar-refractivity contribution is -0.156. The zero-order valence-corrected chi connectivity index (χ0v) is 18.4. The van der Waals surface area contributed by atoms with Crippen molar-refractivity contribution in [3.63, 3.8) is 0 Å². The lowest BCUT2D eigenvalue weighted by atomic mass is 9.99. The highest BCUT2D eigenvalue weighted by Gasteiger charge is 2.48. The minimum Gasteiger partial charge on any atom is -0.493 e. The molecule has 0 spiro atoms. The molecule has 2 aliphatic carbocycles. The number of aryl methyl sites for hydroxylation is 1. The summed E-state index contributed by atoms with van der Waals surface area (Å²) in [7, 11) is 3.15. The Balaban J connectivity index is 1.67. The second kappa shape index (κ2) is 8.25. The summed E-state index contributed by atoms with van der Waals surface area (Å²) in [6.45, 7) is 3.88. The van der Waals surface area contributed by atoms with Crippen LogP contribution in [-0.4, -0.2) is 38.2 Å². The number of hydrogen-bond donors (Lipinski definition) is 0. The summed E-state index contributed by atoms with van der Waals surface area (Å²) in [6.07, 6.45) is 2.85. The Hall–Kier alpha value is -3.02. The lowest BCUT2D eigenvalue weighted by Gasteiger charge is -2.22. The van der Waals surface area contributed by atoms with E-state index in [4.69, 9.17) is 18.9 Å². The first-order valence-electron chi connectivity index (χ1n) is 10.6. The first kappa shape index (κ1) is 21.2. The summed E-state index contributed by atoms with van der Waals surface area (Å²) in [6, 6.07) is 9.62. The number of Topliss-reactive ketones (excluding diaryl/α,β-unsaturated/α-hetero) is 1. The van der Waals surface area contributed by atoms with Crippen LogP contribution < -0.4 is 14.2 Å². The summed E-state index contributed by atoms with van der Waals surface area (Å²) < 4.78 is 23.1. The number of esters is 1. The summed E-state index contributed by atoms with van der Waals surface area (Å²) in [5.41, 5.74) is 3.04. The lowest BCUT2D eigenvalue weighted by Crippen LogP contribution is -2.29. The minimum absolute atomic E-state index is 0.187. The van der Waals surface area contributed by atoms with Crippen LogP contribution in [0.15, 0.2) is 30.3 Å². The fourth-order valence-electron chi connectivity index (χ4n) is 3.84. The van der Waals surface area contributed by atoms with Crippen LogP contribution in [0.25, 0.3) is 11.1 Å². The van der Waals surface area contributed by atoms with Gasteiger partial charge in [0.25, 0.3) is 0 Å². The molecule has 1 saturated carbocycles. The highest BCUT2D eigenvalue weighted by molar-refractivity contribution is 6.01. The number of ether oxygens (including phenoxy) is 4. The average Bonchev–Trinajstić information content (AvgIpc) is 3.44. The third-order valence-electron chi connectivity index (χ3n) is 5.91. The van der Waals surface area contributed by atoms with Crippen LogP contribution in [0.3, 0.4) is 0 Å². The smallest absolute Gasteiger partial charge is 0.309 e. The molecule has 0 aliphatic heterocycles. The molecule has 31 heavy (non-hydrogen) atoms. The van der Waals surface area contributed by atoms with E-state index in [-0.39, 0.29) is 24.3 Å². The Morgan fingerprint density at radius 2 is 1.74 bits per heavy atom. The molecule has 0 amide bonds. The van der Waals surface area contributed by atoms with Crippen molar-refractivity contribution in [1.82, 2.24) is 0 Å². The molecule has 2 aromatic carbocycles. The molecule has 0 aromatic heterocycles. The number of benzene rings is 2. The summed E-state index contributed by atoms with van der Waals surface area (Å²) in [4.78, 5) is 24.1. The summed E-state index contributed by atoms with van der Waals surface area (Å²) >= 11 is 0. The van der Waals surface area contributed by atoms with E-state index in [1.807, 2.05) is 44.2 Å². The second-order valence-electron chi connectivity index (χ2n) is 8.52. The highest BCUT2D eigenvalue weighted by atomic mass is 16.6. The van der Waals surface area contributed by atoms with Gasteiger partial charge in [-0.25, -0.2) is 0 Å². The van der Waals surface area contributed by atoms with E-state index < -0.39 is 5.60 Å². The molecule has 0 saturated heterocycles. The molecule has 6 heteroatoms. The number of ketones is 1. The van der Waals surface area contributed by atoms with Crippen molar-refractivity contribution >= 4 is 11.8 Å². The van der Waals surface area contributed by atoms with Gasteiger partial charge in [0.15, 0.2) is 17.3 Å². The van der Waals surface area contributed by atoms with Gasteiger partial charge >= 0.3 is 5.97 Å². The van der Waals surface area contributed by atoms with E-state index in [0.717, 1.165) is 41.5 Å². The van der Waals surface area contributed by atoms with Crippen LogP contribution >= 0.6 is 0 Å². The van der Waals surface area contributed by atoms with E-state index in [9.17, 15) is 9.59 Å². The fraction of sp³-hybridized carbons (Fsp3) is 0.440. The molecular formula is C25H28O6. The van der Waals surface area contributed by atoms with Gasteiger partial charge in [-0.2, -0.15) is 0 Å². The predicted octanol–water partition coefficient (Wildman–Crippen LogP) is 4.61. The Morgan fingerprint density at radius 1 is 1.00 bits per heavy atom. The second-order valence-corrected chi connectivity index (χ2v) is 8.52. The van der Waals surface area contributed by atoms with Crippen molar-refractivity contribution in [3.05, 3.63) is 41.5 Å². The maximum atomic E-state index is 12.1. The van der Waals surface area contributed by atoms with Crippen LogP contribution in [0.2, 0.25) is 0 Å². The zero-order chi connectivity index (χ0) is 22.2. The predicted molar refractivity (Wildman–Crippen MR) is 116 cm³/mol. The first-order valence-corrected chi connectivity index (χ1v) is 10.6. The first-order chi connectivity index (χ1) is 14.9. The van der Waals surface area contributed by atoms with Crippen molar-refractivity contribution in [2.75, 3.05) is 20.8 Å². The SMILES string of the molecule is COc1ccc(-c2ccc3c(c2)CCC3=O)c(OCC2(OC(=O)C(C)C)CC2)c1OC. The van der Waals surface area contributed by atoms with Crippen LogP contribution in [-0.2, 0) is 16.0 Å². The number of methoxy groups -OCH3 is 2. The van der Waals surface area contributed by atoms with Gasteiger partial charge < -0.3 is 18.9 Å². The van der Waals surface area contributed by atoms with Gasteiger partial charge in [-0.05, 0) is 42.5 Å². The van der Waals surface area contributed by atoms with Gasteiger partial charge in [-0.15, -0.1) is 0 Å². The van der Waals surface area contributed by atoms with E-state index in [0.29, 0.717) is 23.7 Å². The van der Waals surface area contributed by atoms with E-state index in [2.05, 4.69) is 0 Å². The van der Waals surface area contributed by atoms with E-state index >= 15 is 0 Å². The number of carbonyl (C=O) groups is 2. The molecule has 1 fully saturated rings. The van der Waals surface area contributed by atoms with E-state index in [1.54, 1.807) is 14.2 Å². The van der Waals surface area contributed by atoms with Crippen LogP contribution in [0.5, 0.6) is 17.2 Å². The van der Waals surface area contributed by atoms with Gasteiger partial charge in [-0.1, -0.05) is 32.0 Å².